The summed E-state index contributed by atoms with van der Waals surface area (Å²) >= 11 is 1.61. The molecule has 0 saturated carbocycles. The van der Waals surface area contributed by atoms with Gasteiger partial charge in [-0.3, -0.25) is 0 Å². The molecule has 7 heavy (non-hydrogen) atoms. The molecule has 4 nitrogen and oxygen atoms in total. The van der Waals surface area contributed by atoms with Crippen LogP contribution in [0.15, 0.2) is 0 Å². The molecule has 0 aliphatic carbocycles. The molecule has 7 heteroatoms. The van der Waals surface area contributed by atoms with E-state index in [-0.39, 0.29) is 38.2 Å². The average Bonchev–Trinajstić information content (AvgIpc) is 1.41. The number of halogens is 1. The molecule has 1 N–H and O–H groups in total. The molecule has 0 unspecified atom stereocenters. The summed E-state index contributed by atoms with van der Waals surface area (Å²) in [7, 11) is 0. The molecular weight excluding hydrogens is 422 g/mol. The molecule has 51 valence electrons. The second-order valence-corrected chi connectivity index (χ2v) is 0.238. The predicted octanol–water partition coefficient (Wildman–Crippen LogP) is 0.342. The summed E-state index contributed by atoms with van der Waals surface area (Å²) in [5.74, 6) is 0. The monoisotopic (exact) mass is 426 g/mol. The van der Waals surface area contributed by atoms with Gasteiger partial charge in [-0.25, -0.2) is 0 Å². The molecule has 0 atom stereocenters. The van der Waals surface area contributed by atoms with Crippen molar-refractivity contribution in [1.29, 1.82) is 0 Å². The topological polar surface area (TPSA) is 63.4 Å². The van der Waals surface area contributed by atoms with Crippen molar-refractivity contribution in [3.63, 3.8) is 0 Å². The molecule has 0 bridgehead atoms. The molecule has 0 rings (SSSR count). The quantitative estimate of drug-likeness (QED) is 0.452. The SMILES string of the molecule is O=[N+]([O-])O.[Cl][Dy].[Dy]. The molecule has 0 aromatic heterocycles. The van der Waals surface area contributed by atoms with Gasteiger partial charge in [-0.1, -0.05) is 0 Å². The van der Waals surface area contributed by atoms with Gasteiger partial charge in [0.15, 0.2) is 0 Å². The summed E-state index contributed by atoms with van der Waals surface area (Å²) in [4.78, 5) is 8.36. The van der Waals surface area contributed by atoms with Crippen LogP contribution in [0.1, 0.15) is 0 Å². The number of nitrogens with zero attached hydrogens (tertiary/aromatic N) is 1. The number of hydrogen-bond donors (Lipinski definition) is 1. The van der Waals surface area contributed by atoms with Crippen LogP contribution in [0.5, 0.6) is 0 Å². The van der Waals surface area contributed by atoms with Crippen LogP contribution in [0.2, 0.25) is 0 Å². The van der Waals surface area contributed by atoms with E-state index in [1.807, 2.05) is 0 Å². The molecule has 0 heterocycles. The summed E-state index contributed by atoms with van der Waals surface area (Å²) in [6.07, 6.45) is 4.61. The standard InChI is InChI=1S/ClH.2Dy.HNO3/c;;;2-1(3)4/h1H;;;(H,2,3,4)/q;;+1;/p-1. The minimum Gasteiger partial charge on any atom is 0 e. The third kappa shape index (κ3) is 70.6. The summed E-state index contributed by atoms with van der Waals surface area (Å²) in [6.45, 7) is 0. The Labute approximate surface area is 97.4 Å². The van der Waals surface area contributed by atoms with E-state index < -0.39 is 5.09 Å². The fourth-order valence-electron chi connectivity index (χ4n) is 0. The van der Waals surface area contributed by atoms with Crippen molar-refractivity contribution in [1.82, 2.24) is 0 Å². The fourth-order valence-corrected chi connectivity index (χ4v) is 0. The second kappa shape index (κ2) is 15.7. The van der Waals surface area contributed by atoms with Crippen LogP contribution in [0.25, 0.3) is 0 Å². The van der Waals surface area contributed by atoms with Crippen molar-refractivity contribution in [3.8, 4) is 0 Å². The van der Waals surface area contributed by atoms with Gasteiger partial charge in [0.05, 0.1) is 0 Å². The minimum atomic E-state index is -1.50. The Morgan fingerprint density at radius 1 is 1.71 bits per heavy atom. The van der Waals surface area contributed by atoms with Crippen molar-refractivity contribution in [3.05, 3.63) is 10.1 Å². The van der Waals surface area contributed by atoms with Crippen molar-refractivity contribution < 1.29 is 83.2 Å². The van der Waals surface area contributed by atoms with Gasteiger partial charge in [-0.2, -0.15) is 0 Å². The van der Waals surface area contributed by atoms with Gasteiger partial charge in [0.25, 0.3) is 5.09 Å². The Kier molecular flexibility index (Phi) is 35.9. The van der Waals surface area contributed by atoms with E-state index in [0.29, 0.717) is 0 Å². The van der Waals surface area contributed by atoms with Crippen molar-refractivity contribution >= 4 is 6.31 Å². The van der Waals surface area contributed by atoms with Crippen molar-refractivity contribution in [2.24, 2.45) is 0 Å². The summed E-state index contributed by atoms with van der Waals surface area (Å²) in [5, 5.41) is 13.6. The van der Waals surface area contributed by atoms with Crippen LogP contribution in [0.4, 0.5) is 0 Å². The molecule has 0 fully saturated rings. The Morgan fingerprint density at radius 2 is 1.71 bits per heavy atom. The summed E-state index contributed by atoms with van der Waals surface area (Å²) in [6, 6.07) is 0. The van der Waals surface area contributed by atoms with Gasteiger partial charge in [-0.05, 0) is 0 Å². The fraction of sp³-hybridized carbons (Fsp3) is 0. The Morgan fingerprint density at radius 3 is 1.71 bits per heavy atom. The van der Waals surface area contributed by atoms with Gasteiger partial charge >= 0.3 is 41.0 Å². The maximum Gasteiger partial charge on any atom is 0 e. The largest absolute Gasteiger partial charge is 0 e. The second-order valence-electron chi connectivity index (χ2n) is 0.238. The minimum absolute atomic E-state index is 0. The molecule has 0 radical (unpaired) electrons. The van der Waals surface area contributed by atoms with E-state index in [1.165, 1.54) is 0 Å². The zero-order chi connectivity index (χ0) is 5.58. The van der Waals surface area contributed by atoms with Gasteiger partial charge in [0.2, 0.25) is 0 Å². The van der Waals surface area contributed by atoms with Gasteiger partial charge in [0, 0.05) is 38.2 Å². The zero-order valence-corrected chi connectivity index (χ0v) is 7.54. The van der Waals surface area contributed by atoms with Crippen molar-refractivity contribution in [2.45, 2.75) is 0 Å². The average molecular weight is 423 g/mol. The van der Waals surface area contributed by atoms with Crippen LogP contribution >= 0.6 is 6.31 Å². The first-order valence-electron chi connectivity index (χ1n) is 0.685. The Hall–Kier alpha value is 2.04. The normalized spacial score (nSPS) is 4.43. The van der Waals surface area contributed by atoms with Crippen LogP contribution < -0.4 is 0 Å². The third-order valence-electron chi connectivity index (χ3n) is 0. The molecule has 0 aromatic carbocycles. The molecule has 0 aromatic rings. The smallest absolute Gasteiger partial charge is 0 e. The molecule has 0 aliphatic heterocycles. The van der Waals surface area contributed by atoms with Gasteiger partial charge in [0.1, 0.15) is 0 Å². The van der Waals surface area contributed by atoms with E-state index in [9.17, 15) is 0 Å². The van der Waals surface area contributed by atoms with E-state index in [2.05, 4.69) is 6.31 Å². The van der Waals surface area contributed by atoms with Gasteiger partial charge in [-0.15, -0.1) is 10.1 Å². The third-order valence-corrected chi connectivity index (χ3v) is 0. The molecule has 0 saturated heterocycles. The molecule has 0 amide bonds. The first kappa shape index (κ1) is 16.0. The Bertz CT molecular complexity index is 35.9. The Balaban J connectivity index is -0.0000000480. The number of hydrogen-bond acceptors (Lipinski definition) is 2. The van der Waals surface area contributed by atoms with Crippen LogP contribution in [0.3, 0.4) is 0 Å². The predicted molar refractivity (Wildman–Crippen MR) is 14.6 cm³/mol. The maximum atomic E-state index is 8.36. The van der Waals surface area contributed by atoms with E-state index in [4.69, 9.17) is 15.3 Å². The first-order valence-corrected chi connectivity index (χ1v) is 3.22. The van der Waals surface area contributed by atoms with Crippen LogP contribution in [-0.4, -0.2) is 10.3 Å². The molecule has 0 spiro atoms. The maximum absolute atomic E-state index is 8.36. The van der Waals surface area contributed by atoms with E-state index >= 15 is 0 Å². The van der Waals surface area contributed by atoms with Crippen LogP contribution in [0, 0.1) is 83.0 Å². The van der Waals surface area contributed by atoms with Crippen LogP contribution in [-0.2, 0) is 0 Å². The zero-order valence-electron chi connectivity index (χ0n) is 2.72. The summed E-state index contributed by atoms with van der Waals surface area (Å²) in [5.41, 5.74) is 0. The van der Waals surface area contributed by atoms with Gasteiger partial charge < -0.3 is 5.21 Å². The number of rotatable bonds is 0. The van der Waals surface area contributed by atoms with E-state index in [0.717, 1.165) is 0 Å². The van der Waals surface area contributed by atoms with Crippen molar-refractivity contribution in [2.75, 3.05) is 0 Å². The first-order chi connectivity index (χ1) is 2.73. The van der Waals surface area contributed by atoms with E-state index in [1.54, 1.807) is 34.7 Å². The summed E-state index contributed by atoms with van der Waals surface area (Å²) < 4.78 is 0. The molecular formula is HClDy2NO3. The molecule has 0 aliphatic rings.